The summed E-state index contributed by atoms with van der Waals surface area (Å²) in [6, 6.07) is 1.55. The molecule has 1 N–H and O–H groups in total. The van der Waals surface area contributed by atoms with Crippen molar-refractivity contribution in [3.8, 4) is 5.75 Å². The van der Waals surface area contributed by atoms with Crippen LogP contribution in [0.25, 0.3) is 0 Å². The Morgan fingerprint density at radius 1 is 1.25 bits per heavy atom. The molecule has 0 aliphatic carbocycles. The smallest absolute Gasteiger partial charge is 0.119 e. The standard InChI is InChI=1S/C9H11NO2/c1-5-4-8(11)6(2)7(3)9(5)10-12/h4,11H,1-3H3. The van der Waals surface area contributed by atoms with Crippen LogP contribution in [0.15, 0.2) is 11.2 Å². The first-order valence-electron chi connectivity index (χ1n) is 3.71. The van der Waals surface area contributed by atoms with Gasteiger partial charge in [0.2, 0.25) is 0 Å². The average molecular weight is 165 g/mol. The number of hydrogen-bond acceptors (Lipinski definition) is 3. The van der Waals surface area contributed by atoms with Crippen molar-refractivity contribution in [2.45, 2.75) is 20.8 Å². The Balaban J connectivity index is 3.51. The fourth-order valence-electron chi connectivity index (χ4n) is 1.19. The molecule has 3 nitrogen and oxygen atoms in total. The molecule has 0 radical (unpaired) electrons. The molecule has 0 fully saturated rings. The average Bonchev–Trinajstić information content (AvgIpc) is 2.01. The van der Waals surface area contributed by atoms with E-state index in [4.69, 9.17) is 0 Å². The van der Waals surface area contributed by atoms with Crippen LogP contribution in [-0.4, -0.2) is 5.11 Å². The van der Waals surface area contributed by atoms with E-state index in [1.807, 2.05) is 0 Å². The maximum absolute atomic E-state index is 10.4. The highest BCUT2D eigenvalue weighted by molar-refractivity contribution is 5.59. The van der Waals surface area contributed by atoms with Crippen molar-refractivity contribution in [3.63, 3.8) is 0 Å². The van der Waals surface area contributed by atoms with Crippen LogP contribution in [0.4, 0.5) is 5.69 Å². The van der Waals surface area contributed by atoms with Gasteiger partial charge in [-0.05, 0) is 48.7 Å². The second-order valence-electron chi connectivity index (χ2n) is 2.90. The monoisotopic (exact) mass is 165 g/mol. The van der Waals surface area contributed by atoms with Gasteiger partial charge in [0.1, 0.15) is 11.4 Å². The molecule has 1 rings (SSSR count). The van der Waals surface area contributed by atoms with Crippen LogP contribution in [0.5, 0.6) is 5.75 Å². The molecule has 0 atom stereocenters. The molecule has 12 heavy (non-hydrogen) atoms. The molecule has 0 spiro atoms. The van der Waals surface area contributed by atoms with Crippen LogP contribution in [0, 0.1) is 25.7 Å². The maximum atomic E-state index is 10.4. The van der Waals surface area contributed by atoms with Gasteiger partial charge in [-0.15, -0.1) is 4.91 Å². The summed E-state index contributed by atoms with van der Waals surface area (Å²) >= 11 is 0. The molecular weight excluding hydrogens is 154 g/mol. The van der Waals surface area contributed by atoms with Gasteiger partial charge in [0.25, 0.3) is 0 Å². The van der Waals surface area contributed by atoms with Crippen LogP contribution in [0.2, 0.25) is 0 Å². The Morgan fingerprint density at radius 2 is 1.83 bits per heavy atom. The van der Waals surface area contributed by atoms with Gasteiger partial charge >= 0.3 is 0 Å². The first-order chi connectivity index (χ1) is 5.57. The van der Waals surface area contributed by atoms with E-state index in [2.05, 4.69) is 5.18 Å². The minimum atomic E-state index is 0.220. The van der Waals surface area contributed by atoms with Gasteiger partial charge in [-0.3, -0.25) is 0 Å². The minimum Gasteiger partial charge on any atom is -0.508 e. The fourth-order valence-corrected chi connectivity index (χ4v) is 1.19. The summed E-state index contributed by atoms with van der Waals surface area (Å²) in [5.41, 5.74) is 2.62. The van der Waals surface area contributed by atoms with Crippen LogP contribution in [0.3, 0.4) is 0 Å². The second-order valence-corrected chi connectivity index (χ2v) is 2.90. The maximum Gasteiger partial charge on any atom is 0.119 e. The third kappa shape index (κ3) is 1.18. The summed E-state index contributed by atoms with van der Waals surface area (Å²) in [5, 5.41) is 12.3. The Morgan fingerprint density at radius 3 is 2.33 bits per heavy atom. The molecule has 0 saturated carbocycles. The number of nitrogens with zero attached hydrogens (tertiary/aromatic N) is 1. The van der Waals surface area contributed by atoms with Crippen LogP contribution in [-0.2, 0) is 0 Å². The molecule has 1 aromatic rings. The molecule has 0 saturated heterocycles. The Kier molecular flexibility index (Phi) is 2.13. The number of aryl methyl sites for hydroxylation is 1. The molecule has 0 bridgehead atoms. The summed E-state index contributed by atoms with van der Waals surface area (Å²) in [7, 11) is 0. The normalized spacial score (nSPS) is 9.92. The van der Waals surface area contributed by atoms with E-state index >= 15 is 0 Å². The van der Waals surface area contributed by atoms with E-state index in [0.29, 0.717) is 11.3 Å². The third-order valence-corrected chi connectivity index (χ3v) is 2.12. The number of nitroso groups, excluding NO2 is 1. The van der Waals surface area contributed by atoms with E-state index in [-0.39, 0.29) is 5.75 Å². The molecule has 1 aromatic carbocycles. The van der Waals surface area contributed by atoms with E-state index in [0.717, 1.165) is 11.1 Å². The molecule has 0 amide bonds. The largest absolute Gasteiger partial charge is 0.508 e. The molecule has 0 aliphatic heterocycles. The lowest BCUT2D eigenvalue weighted by molar-refractivity contribution is 0.470. The highest BCUT2D eigenvalue weighted by Crippen LogP contribution is 2.31. The number of hydrogen-bond donors (Lipinski definition) is 1. The van der Waals surface area contributed by atoms with Crippen LogP contribution in [0.1, 0.15) is 16.7 Å². The summed E-state index contributed by atoms with van der Waals surface area (Å²) in [6.07, 6.45) is 0. The van der Waals surface area contributed by atoms with Crippen molar-refractivity contribution in [3.05, 3.63) is 27.7 Å². The highest BCUT2D eigenvalue weighted by atomic mass is 16.3. The molecule has 0 unspecified atom stereocenters. The summed E-state index contributed by atoms with van der Waals surface area (Å²) < 4.78 is 0. The lowest BCUT2D eigenvalue weighted by Gasteiger charge is -2.07. The van der Waals surface area contributed by atoms with Gasteiger partial charge in [-0.25, -0.2) is 0 Å². The summed E-state index contributed by atoms with van der Waals surface area (Å²) in [4.78, 5) is 10.4. The molecule has 3 heteroatoms. The van der Waals surface area contributed by atoms with Gasteiger partial charge in [0, 0.05) is 0 Å². The second kappa shape index (κ2) is 2.93. The Hall–Kier alpha value is -1.38. The van der Waals surface area contributed by atoms with E-state index in [1.165, 1.54) is 0 Å². The van der Waals surface area contributed by atoms with Gasteiger partial charge in [0.15, 0.2) is 0 Å². The molecule has 64 valence electrons. The molecule has 0 aromatic heterocycles. The number of rotatable bonds is 1. The first-order valence-corrected chi connectivity index (χ1v) is 3.71. The lowest BCUT2D eigenvalue weighted by Crippen LogP contribution is -1.85. The fraction of sp³-hybridized carbons (Fsp3) is 0.333. The SMILES string of the molecule is Cc1cc(O)c(C)c(C)c1N=O. The molecule has 0 heterocycles. The third-order valence-electron chi connectivity index (χ3n) is 2.12. The number of benzene rings is 1. The zero-order valence-electron chi connectivity index (χ0n) is 7.38. The van der Waals surface area contributed by atoms with E-state index < -0.39 is 0 Å². The van der Waals surface area contributed by atoms with Gasteiger partial charge < -0.3 is 5.11 Å². The van der Waals surface area contributed by atoms with Gasteiger partial charge in [-0.2, -0.15) is 0 Å². The first kappa shape index (κ1) is 8.71. The van der Waals surface area contributed by atoms with Crippen molar-refractivity contribution < 1.29 is 5.11 Å². The zero-order valence-corrected chi connectivity index (χ0v) is 7.38. The lowest BCUT2D eigenvalue weighted by atomic mass is 10.0. The Bertz CT molecular complexity index is 332. The van der Waals surface area contributed by atoms with Gasteiger partial charge in [-0.1, -0.05) is 0 Å². The van der Waals surface area contributed by atoms with Crippen molar-refractivity contribution in [1.82, 2.24) is 0 Å². The summed E-state index contributed by atoms with van der Waals surface area (Å²) in [6.45, 7) is 5.29. The van der Waals surface area contributed by atoms with E-state index in [9.17, 15) is 10.0 Å². The number of phenols is 1. The van der Waals surface area contributed by atoms with E-state index in [1.54, 1.807) is 26.8 Å². The predicted octanol–water partition coefficient (Wildman–Crippen LogP) is 2.72. The van der Waals surface area contributed by atoms with Crippen LogP contribution >= 0.6 is 0 Å². The zero-order chi connectivity index (χ0) is 9.30. The van der Waals surface area contributed by atoms with Crippen molar-refractivity contribution in [2.75, 3.05) is 0 Å². The quantitative estimate of drug-likeness (QED) is 0.650. The predicted molar refractivity (Wildman–Crippen MR) is 47.8 cm³/mol. The van der Waals surface area contributed by atoms with Gasteiger partial charge in [0.05, 0.1) is 0 Å². The minimum absolute atomic E-state index is 0.220. The molecular formula is C9H11NO2. The topological polar surface area (TPSA) is 49.7 Å². The van der Waals surface area contributed by atoms with Crippen molar-refractivity contribution in [2.24, 2.45) is 5.18 Å². The van der Waals surface area contributed by atoms with Crippen molar-refractivity contribution >= 4 is 5.69 Å². The number of aromatic hydroxyl groups is 1. The van der Waals surface area contributed by atoms with Crippen LogP contribution < -0.4 is 0 Å². The Labute approximate surface area is 71.0 Å². The summed E-state index contributed by atoms with van der Waals surface area (Å²) in [5.74, 6) is 0.220. The highest BCUT2D eigenvalue weighted by Gasteiger charge is 2.09. The number of phenolic OH excluding ortho intramolecular Hbond substituents is 1. The van der Waals surface area contributed by atoms with Crippen molar-refractivity contribution in [1.29, 1.82) is 0 Å². The molecule has 0 aliphatic rings.